The lowest BCUT2D eigenvalue weighted by molar-refractivity contribution is -0.148. The van der Waals surface area contributed by atoms with Gasteiger partial charge in [-0.3, -0.25) is 9.59 Å². The summed E-state index contributed by atoms with van der Waals surface area (Å²) in [4.78, 5) is 24.8. The summed E-state index contributed by atoms with van der Waals surface area (Å²) in [5.74, 6) is -6.54. The van der Waals surface area contributed by atoms with Gasteiger partial charge in [-0.15, -0.1) is 0 Å². The molecular formula is C22H25F3N2O3. The van der Waals surface area contributed by atoms with Gasteiger partial charge in [0.1, 0.15) is 5.82 Å². The van der Waals surface area contributed by atoms with Crippen molar-refractivity contribution in [1.29, 1.82) is 0 Å². The summed E-state index contributed by atoms with van der Waals surface area (Å²) in [6, 6.07) is 7.52. The third-order valence-electron chi connectivity index (χ3n) is 4.28. The minimum Gasteiger partial charge on any atom is -0.396 e. The molecule has 0 spiro atoms. The number of nitrogens with one attached hydrogen (secondary N) is 2. The molecule has 0 radical (unpaired) electrons. The maximum absolute atomic E-state index is 15.0. The maximum Gasteiger partial charge on any atom is 0.350 e. The quantitative estimate of drug-likeness (QED) is 0.660. The molecule has 0 aliphatic carbocycles. The van der Waals surface area contributed by atoms with E-state index in [0.717, 1.165) is 6.07 Å². The molecule has 0 heterocycles. The number of amides is 2. The van der Waals surface area contributed by atoms with Crippen molar-refractivity contribution >= 4 is 17.5 Å². The largest absolute Gasteiger partial charge is 0.396 e. The van der Waals surface area contributed by atoms with Gasteiger partial charge in [-0.05, 0) is 75.6 Å². The van der Waals surface area contributed by atoms with E-state index in [2.05, 4.69) is 10.6 Å². The summed E-state index contributed by atoms with van der Waals surface area (Å²) in [7, 11) is 0. The second-order valence-corrected chi connectivity index (χ2v) is 8.04. The Morgan fingerprint density at radius 3 is 2.30 bits per heavy atom. The van der Waals surface area contributed by atoms with Crippen LogP contribution in [0.2, 0.25) is 0 Å². The van der Waals surface area contributed by atoms with Crippen LogP contribution < -0.4 is 10.6 Å². The smallest absolute Gasteiger partial charge is 0.350 e. The van der Waals surface area contributed by atoms with Gasteiger partial charge in [-0.2, -0.15) is 8.78 Å². The van der Waals surface area contributed by atoms with Gasteiger partial charge in [0.15, 0.2) is 0 Å². The molecular weight excluding hydrogens is 397 g/mol. The molecule has 3 N–H and O–H groups in total. The Morgan fingerprint density at radius 1 is 1.07 bits per heavy atom. The van der Waals surface area contributed by atoms with Crippen LogP contribution in [0.5, 0.6) is 0 Å². The summed E-state index contributed by atoms with van der Waals surface area (Å²) in [6.45, 7) is 5.85. The van der Waals surface area contributed by atoms with Crippen LogP contribution >= 0.6 is 0 Å². The molecule has 0 fully saturated rings. The van der Waals surface area contributed by atoms with Crippen molar-refractivity contribution in [3.8, 4) is 0 Å². The van der Waals surface area contributed by atoms with Gasteiger partial charge in [-0.25, -0.2) is 4.39 Å². The monoisotopic (exact) mass is 422 g/mol. The van der Waals surface area contributed by atoms with Crippen molar-refractivity contribution in [3.63, 3.8) is 0 Å². The Bertz CT molecular complexity index is 953. The van der Waals surface area contributed by atoms with E-state index in [0.29, 0.717) is 11.3 Å². The number of anilines is 1. The number of halogens is 3. The number of benzene rings is 2. The number of carbonyl (C=O) groups is 2. The van der Waals surface area contributed by atoms with Gasteiger partial charge in [0.05, 0.1) is 0 Å². The average molecular weight is 422 g/mol. The average Bonchev–Trinajstić information content (AvgIpc) is 2.63. The Labute approximate surface area is 173 Å². The highest BCUT2D eigenvalue weighted by molar-refractivity contribution is 6.04. The Kier molecular flexibility index (Phi) is 6.92. The molecule has 162 valence electrons. The number of aryl methyl sites for hydroxylation is 1. The van der Waals surface area contributed by atoms with Gasteiger partial charge in [0.2, 0.25) is 0 Å². The van der Waals surface area contributed by atoms with Gasteiger partial charge < -0.3 is 15.7 Å². The molecule has 30 heavy (non-hydrogen) atoms. The Morgan fingerprint density at radius 2 is 1.73 bits per heavy atom. The molecule has 0 aliphatic rings. The van der Waals surface area contributed by atoms with Crippen molar-refractivity contribution in [1.82, 2.24) is 5.32 Å². The van der Waals surface area contributed by atoms with Crippen LogP contribution in [0.1, 0.15) is 47.8 Å². The zero-order valence-electron chi connectivity index (χ0n) is 17.3. The lowest BCUT2D eigenvalue weighted by Gasteiger charge is -2.26. The van der Waals surface area contributed by atoms with E-state index in [4.69, 9.17) is 0 Å². The predicted octanol–water partition coefficient (Wildman–Crippen LogP) is 3.93. The van der Waals surface area contributed by atoms with Crippen LogP contribution in [0.3, 0.4) is 0 Å². The number of aliphatic hydroxyl groups is 1. The minimum atomic E-state index is -3.92. The van der Waals surface area contributed by atoms with E-state index >= 15 is 0 Å². The Hall–Kier alpha value is -2.87. The fraction of sp³-hybridized carbons (Fsp3) is 0.364. The molecule has 8 heteroatoms. The van der Waals surface area contributed by atoms with Crippen molar-refractivity contribution < 1.29 is 27.9 Å². The van der Waals surface area contributed by atoms with Crippen LogP contribution in [0.15, 0.2) is 36.4 Å². The molecule has 2 amide bonds. The van der Waals surface area contributed by atoms with E-state index in [1.54, 1.807) is 20.8 Å². The molecule has 0 saturated carbocycles. The SMILES string of the molecule is Cc1cc(NC(=O)c2ccc(CCO)c(C(F)(F)C(=O)NC(C)(C)C)c2)ccc1F. The summed E-state index contributed by atoms with van der Waals surface area (Å²) in [5, 5.41) is 14.0. The van der Waals surface area contributed by atoms with Gasteiger partial charge >= 0.3 is 5.92 Å². The topological polar surface area (TPSA) is 78.4 Å². The molecule has 2 aromatic rings. The first kappa shape index (κ1) is 23.4. The normalized spacial score (nSPS) is 11.9. The van der Waals surface area contributed by atoms with E-state index in [1.165, 1.54) is 37.3 Å². The first-order chi connectivity index (χ1) is 13.8. The van der Waals surface area contributed by atoms with Gasteiger partial charge in [0.25, 0.3) is 11.8 Å². The molecule has 2 aromatic carbocycles. The van der Waals surface area contributed by atoms with Crippen molar-refractivity contribution in [2.24, 2.45) is 0 Å². The molecule has 0 aliphatic heterocycles. The second kappa shape index (κ2) is 8.87. The number of alkyl halides is 2. The minimum absolute atomic E-state index is 0.0562. The van der Waals surface area contributed by atoms with E-state index in [1.807, 2.05) is 0 Å². The van der Waals surface area contributed by atoms with Crippen molar-refractivity contribution in [2.45, 2.75) is 45.6 Å². The summed E-state index contributed by atoms with van der Waals surface area (Å²) in [6.07, 6.45) is -0.104. The highest BCUT2D eigenvalue weighted by atomic mass is 19.3. The van der Waals surface area contributed by atoms with Gasteiger partial charge in [0, 0.05) is 29.0 Å². The fourth-order valence-corrected chi connectivity index (χ4v) is 2.82. The third-order valence-corrected chi connectivity index (χ3v) is 4.28. The molecule has 0 unspecified atom stereocenters. The standard InChI is InChI=1S/C22H25F3N2O3/c1-13-11-16(7-8-18(13)23)26-19(29)15-6-5-14(9-10-28)17(12-15)22(24,25)20(30)27-21(2,3)4/h5-8,11-12,28H,9-10H2,1-4H3,(H,26,29)(H,27,30). The third kappa shape index (κ3) is 5.60. The number of aliphatic hydroxyl groups excluding tert-OH is 1. The number of rotatable bonds is 6. The Balaban J connectivity index is 2.40. The number of carbonyl (C=O) groups excluding carboxylic acids is 2. The summed E-state index contributed by atoms with van der Waals surface area (Å²) in [5.41, 5.74) is -0.958. The number of hydrogen-bond acceptors (Lipinski definition) is 3. The van der Waals surface area contributed by atoms with Crippen LogP contribution in [0, 0.1) is 12.7 Å². The molecule has 0 aromatic heterocycles. The highest BCUT2D eigenvalue weighted by Crippen LogP contribution is 2.33. The van der Waals surface area contributed by atoms with Crippen LogP contribution in [0.4, 0.5) is 18.9 Å². The molecule has 2 rings (SSSR count). The highest BCUT2D eigenvalue weighted by Gasteiger charge is 2.44. The zero-order chi connectivity index (χ0) is 22.7. The molecule has 0 bridgehead atoms. The second-order valence-electron chi connectivity index (χ2n) is 8.04. The summed E-state index contributed by atoms with van der Waals surface area (Å²) < 4.78 is 43.3. The van der Waals surface area contributed by atoms with Gasteiger partial charge in [-0.1, -0.05) is 6.07 Å². The van der Waals surface area contributed by atoms with Crippen LogP contribution in [0.25, 0.3) is 0 Å². The van der Waals surface area contributed by atoms with E-state index in [9.17, 15) is 27.9 Å². The molecule has 0 saturated heterocycles. The summed E-state index contributed by atoms with van der Waals surface area (Å²) >= 11 is 0. The van der Waals surface area contributed by atoms with E-state index in [-0.39, 0.29) is 17.5 Å². The predicted molar refractivity (Wildman–Crippen MR) is 108 cm³/mol. The molecule has 0 atom stereocenters. The fourth-order valence-electron chi connectivity index (χ4n) is 2.82. The molecule has 5 nitrogen and oxygen atoms in total. The zero-order valence-corrected chi connectivity index (χ0v) is 17.3. The number of hydrogen-bond donors (Lipinski definition) is 3. The van der Waals surface area contributed by atoms with Crippen molar-refractivity contribution in [2.75, 3.05) is 11.9 Å². The van der Waals surface area contributed by atoms with Crippen LogP contribution in [-0.2, 0) is 17.1 Å². The lowest BCUT2D eigenvalue weighted by Crippen LogP contribution is -2.48. The van der Waals surface area contributed by atoms with Crippen molar-refractivity contribution in [3.05, 3.63) is 64.5 Å². The van der Waals surface area contributed by atoms with Crippen LogP contribution in [-0.4, -0.2) is 29.1 Å². The first-order valence-corrected chi connectivity index (χ1v) is 9.37. The first-order valence-electron chi connectivity index (χ1n) is 9.37. The van der Waals surface area contributed by atoms with E-state index < -0.39 is 41.3 Å². The maximum atomic E-state index is 15.0. The lowest BCUT2D eigenvalue weighted by atomic mass is 9.95.